The van der Waals surface area contributed by atoms with E-state index in [9.17, 15) is 4.79 Å². The van der Waals surface area contributed by atoms with E-state index < -0.39 is 0 Å². The number of aryl methyl sites for hydroxylation is 2. The molecule has 1 amide bonds. The van der Waals surface area contributed by atoms with Crippen LogP contribution in [0.5, 0.6) is 0 Å². The van der Waals surface area contributed by atoms with Crippen molar-refractivity contribution in [3.8, 4) is 0 Å². The van der Waals surface area contributed by atoms with Crippen LogP contribution in [0.4, 0.5) is 5.82 Å². The number of hydrogen-bond donors (Lipinski definition) is 2. The molecule has 6 nitrogen and oxygen atoms in total. The fraction of sp³-hybridized carbons (Fsp3) is 0.350. The molecule has 1 aromatic carbocycles. The number of H-pyrrole nitrogens is 1. The molecule has 1 aliphatic rings. The molecular formula is C20H23N5O. The molecule has 3 aromatic rings. The van der Waals surface area contributed by atoms with Gasteiger partial charge < -0.3 is 15.2 Å². The van der Waals surface area contributed by atoms with Gasteiger partial charge in [-0.25, -0.2) is 9.97 Å². The first-order chi connectivity index (χ1) is 12.6. The highest BCUT2D eigenvalue weighted by Gasteiger charge is 2.23. The van der Waals surface area contributed by atoms with Crippen molar-refractivity contribution in [1.82, 2.24) is 20.3 Å². The average Bonchev–Trinajstić information content (AvgIpc) is 3.06. The van der Waals surface area contributed by atoms with Crippen LogP contribution in [0.2, 0.25) is 0 Å². The van der Waals surface area contributed by atoms with Crippen LogP contribution in [0.15, 0.2) is 36.4 Å². The summed E-state index contributed by atoms with van der Waals surface area (Å²) in [7, 11) is 0. The number of benzene rings is 1. The van der Waals surface area contributed by atoms with Crippen LogP contribution in [0.25, 0.3) is 10.9 Å². The average molecular weight is 349 g/mol. The number of amides is 1. The lowest BCUT2D eigenvalue weighted by atomic mass is 10.0. The summed E-state index contributed by atoms with van der Waals surface area (Å²) in [5.41, 5.74) is 2.60. The Morgan fingerprint density at radius 1 is 1.15 bits per heavy atom. The Bertz CT molecular complexity index is 887. The summed E-state index contributed by atoms with van der Waals surface area (Å²) in [5.74, 6) is 1.75. The second-order valence-electron chi connectivity index (χ2n) is 6.92. The van der Waals surface area contributed by atoms with Gasteiger partial charge in [-0.05, 0) is 38.8 Å². The minimum Gasteiger partial charge on any atom is -0.356 e. The molecule has 1 fully saturated rings. The predicted molar refractivity (Wildman–Crippen MR) is 103 cm³/mol. The molecule has 2 N–H and O–H groups in total. The molecule has 0 unspecified atom stereocenters. The first-order valence-electron chi connectivity index (χ1n) is 9.04. The number of nitrogens with one attached hydrogen (secondary N) is 2. The number of fused-ring (bicyclic) bond motifs is 1. The lowest BCUT2D eigenvalue weighted by Gasteiger charge is -2.33. The Hall–Kier alpha value is -2.89. The molecule has 0 radical (unpaired) electrons. The van der Waals surface area contributed by atoms with Gasteiger partial charge in [0.1, 0.15) is 17.3 Å². The molecule has 0 saturated carbocycles. The summed E-state index contributed by atoms with van der Waals surface area (Å²) in [4.78, 5) is 26.9. The Morgan fingerprint density at radius 2 is 1.92 bits per heavy atom. The summed E-state index contributed by atoms with van der Waals surface area (Å²) in [5, 5.41) is 4.22. The second kappa shape index (κ2) is 6.78. The fourth-order valence-electron chi connectivity index (χ4n) is 3.57. The molecule has 1 aliphatic heterocycles. The second-order valence-corrected chi connectivity index (χ2v) is 6.92. The van der Waals surface area contributed by atoms with Gasteiger partial charge in [0.05, 0.1) is 0 Å². The minimum absolute atomic E-state index is 0.0339. The zero-order chi connectivity index (χ0) is 18.1. The van der Waals surface area contributed by atoms with Crippen molar-refractivity contribution >= 4 is 22.6 Å². The number of aromatic nitrogens is 3. The molecule has 0 bridgehead atoms. The molecule has 26 heavy (non-hydrogen) atoms. The van der Waals surface area contributed by atoms with Gasteiger partial charge in [-0.1, -0.05) is 18.2 Å². The molecule has 134 valence electrons. The Balaban J connectivity index is 1.38. The third-order valence-electron chi connectivity index (χ3n) is 4.88. The number of piperidine rings is 1. The van der Waals surface area contributed by atoms with Gasteiger partial charge >= 0.3 is 0 Å². The van der Waals surface area contributed by atoms with E-state index in [-0.39, 0.29) is 11.9 Å². The molecular weight excluding hydrogens is 326 g/mol. The van der Waals surface area contributed by atoms with Gasteiger partial charge in [0.15, 0.2) is 0 Å². The number of carbonyl (C=O) groups is 1. The van der Waals surface area contributed by atoms with Gasteiger partial charge in [-0.2, -0.15) is 0 Å². The van der Waals surface area contributed by atoms with Crippen LogP contribution in [-0.4, -0.2) is 40.0 Å². The lowest BCUT2D eigenvalue weighted by Crippen LogP contribution is -2.45. The third kappa shape index (κ3) is 3.40. The van der Waals surface area contributed by atoms with Gasteiger partial charge in [-0.3, -0.25) is 4.79 Å². The number of para-hydroxylation sites is 1. The normalized spacial score (nSPS) is 15.4. The van der Waals surface area contributed by atoms with Crippen molar-refractivity contribution in [3.63, 3.8) is 0 Å². The first-order valence-corrected chi connectivity index (χ1v) is 9.04. The van der Waals surface area contributed by atoms with E-state index in [1.165, 1.54) is 0 Å². The largest absolute Gasteiger partial charge is 0.356 e. The summed E-state index contributed by atoms with van der Waals surface area (Å²) in [6, 6.07) is 12.1. The van der Waals surface area contributed by atoms with Crippen molar-refractivity contribution < 1.29 is 4.79 Å². The third-order valence-corrected chi connectivity index (χ3v) is 4.88. The topological polar surface area (TPSA) is 73.9 Å². The molecule has 0 spiro atoms. The molecule has 6 heteroatoms. The fourth-order valence-corrected chi connectivity index (χ4v) is 3.57. The van der Waals surface area contributed by atoms with E-state index in [4.69, 9.17) is 0 Å². The maximum absolute atomic E-state index is 12.5. The Labute approximate surface area is 152 Å². The van der Waals surface area contributed by atoms with Crippen molar-refractivity contribution in [2.24, 2.45) is 0 Å². The minimum atomic E-state index is -0.0339. The zero-order valence-corrected chi connectivity index (χ0v) is 15.1. The van der Waals surface area contributed by atoms with Crippen molar-refractivity contribution in [2.75, 3.05) is 18.0 Å². The lowest BCUT2D eigenvalue weighted by molar-refractivity contribution is 0.0927. The van der Waals surface area contributed by atoms with Gasteiger partial charge in [0.2, 0.25) is 0 Å². The van der Waals surface area contributed by atoms with Crippen molar-refractivity contribution in [3.05, 3.63) is 53.6 Å². The number of nitrogens with zero attached hydrogens (tertiary/aromatic N) is 3. The van der Waals surface area contributed by atoms with Crippen LogP contribution in [0.3, 0.4) is 0 Å². The van der Waals surface area contributed by atoms with Gasteiger partial charge in [0.25, 0.3) is 5.91 Å². The standard InChI is InChI=1S/C20H23N5O/c1-13-11-19(22-14(2)21-13)25-9-7-16(8-10-25)23-20(26)18-12-15-5-3-4-6-17(15)24-18/h3-6,11-12,16,24H,7-10H2,1-2H3,(H,23,26). The van der Waals surface area contributed by atoms with Gasteiger partial charge in [0, 0.05) is 41.8 Å². The number of hydrogen-bond acceptors (Lipinski definition) is 4. The molecule has 3 heterocycles. The first kappa shape index (κ1) is 16.6. The van der Waals surface area contributed by atoms with Crippen molar-refractivity contribution in [2.45, 2.75) is 32.7 Å². The van der Waals surface area contributed by atoms with E-state index in [1.807, 2.05) is 50.2 Å². The van der Waals surface area contributed by atoms with Crippen molar-refractivity contribution in [1.29, 1.82) is 0 Å². The summed E-state index contributed by atoms with van der Waals surface area (Å²) >= 11 is 0. The van der Waals surface area contributed by atoms with E-state index in [2.05, 4.69) is 25.2 Å². The smallest absolute Gasteiger partial charge is 0.267 e. The van der Waals surface area contributed by atoms with Crippen LogP contribution >= 0.6 is 0 Å². The van der Waals surface area contributed by atoms with E-state index in [1.54, 1.807) is 0 Å². The highest BCUT2D eigenvalue weighted by atomic mass is 16.1. The van der Waals surface area contributed by atoms with Gasteiger partial charge in [-0.15, -0.1) is 0 Å². The maximum Gasteiger partial charge on any atom is 0.267 e. The molecule has 2 aromatic heterocycles. The molecule has 0 aliphatic carbocycles. The zero-order valence-electron chi connectivity index (χ0n) is 15.1. The van der Waals surface area contributed by atoms with Crippen LogP contribution in [-0.2, 0) is 0 Å². The Morgan fingerprint density at radius 3 is 2.65 bits per heavy atom. The molecule has 0 atom stereocenters. The number of carbonyl (C=O) groups excluding carboxylic acids is 1. The van der Waals surface area contributed by atoms with Crippen LogP contribution < -0.4 is 10.2 Å². The van der Waals surface area contributed by atoms with E-state index in [0.717, 1.165) is 54.2 Å². The number of rotatable bonds is 3. The van der Waals surface area contributed by atoms with Crippen LogP contribution in [0.1, 0.15) is 34.8 Å². The summed E-state index contributed by atoms with van der Waals surface area (Å²) in [6.45, 7) is 5.68. The summed E-state index contributed by atoms with van der Waals surface area (Å²) in [6.07, 6.45) is 1.82. The quantitative estimate of drug-likeness (QED) is 0.762. The van der Waals surface area contributed by atoms with E-state index >= 15 is 0 Å². The van der Waals surface area contributed by atoms with E-state index in [0.29, 0.717) is 5.69 Å². The maximum atomic E-state index is 12.5. The highest BCUT2D eigenvalue weighted by molar-refractivity contribution is 5.98. The summed E-state index contributed by atoms with van der Waals surface area (Å²) < 4.78 is 0. The number of anilines is 1. The Kier molecular flexibility index (Phi) is 4.32. The molecule has 4 rings (SSSR count). The van der Waals surface area contributed by atoms with Crippen LogP contribution in [0, 0.1) is 13.8 Å². The predicted octanol–water partition coefficient (Wildman–Crippen LogP) is 2.97. The number of aromatic amines is 1. The highest BCUT2D eigenvalue weighted by Crippen LogP contribution is 2.20. The SMILES string of the molecule is Cc1cc(N2CCC(NC(=O)c3cc4ccccc4[nH]3)CC2)nc(C)n1. The monoisotopic (exact) mass is 349 g/mol. The molecule has 1 saturated heterocycles.